The number of rotatable bonds is 8. The number of aromatic nitrogens is 4. The Kier molecular flexibility index (Phi) is 6.98. The van der Waals surface area contributed by atoms with E-state index in [0.29, 0.717) is 47.0 Å². The van der Waals surface area contributed by atoms with Gasteiger partial charge in [-0.05, 0) is 60.0 Å². The van der Waals surface area contributed by atoms with Crippen LogP contribution in [-0.4, -0.2) is 26.0 Å². The molecule has 3 aromatic carbocycles. The van der Waals surface area contributed by atoms with Gasteiger partial charge in [-0.1, -0.05) is 38.1 Å². The van der Waals surface area contributed by atoms with Crippen LogP contribution in [0.15, 0.2) is 82.4 Å². The topological polar surface area (TPSA) is 106 Å². The normalized spacial score (nSPS) is 11.3. The number of ether oxygens (including phenoxy) is 2. The molecule has 0 radical (unpaired) electrons. The third kappa shape index (κ3) is 5.16. The first-order valence-electron chi connectivity index (χ1n) is 12.7. The van der Waals surface area contributed by atoms with Crippen molar-refractivity contribution in [2.45, 2.75) is 26.9 Å². The largest absolute Gasteiger partial charge is 0.497 e. The van der Waals surface area contributed by atoms with Crippen molar-refractivity contribution in [3.8, 4) is 28.5 Å². The zero-order valence-electron chi connectivity index (χ0n) is 22.4. The number of hydrogen-bond donors (Lipinski definition) is 1. The van der Waals surface area contributed by atoms with E-state index < -0.39 is 5.56 Å². The molecular weight excluding hydrogens is 494 g/mol. The molecule has 0 aliphatic carbocycles. The maximum absolute atomic E-state index is 13.5. The summed E-state index contributed by atoms with van der Waals surface area (Å²) in [5.74, 6) is 2.26. The average molecular weight is 526 g/mol. The number of nitrogens with two attached hydrogens (primary N) is 1. The second-order valence-corrected chi connectivity index (χ2v) is 9.91. The van der Waals surface area contributed by atoms with Crippen molar-refractivity contribution in [3.63, 3.8) is 0 Å². The quantitative estimate of drug-likeness (QED) is 0.296. The highest BCUT2D eigenvalue weighted by atomic mass is 16.5. The number of nitrogen functional groups attached to an aromatic ring is 1. The Balaban J connectivity index is 1.63. The third-order valence-electron chi connectivity index (χ3n) is 6.46. The lowest BCUT2D eigenvalue weighted by Gasteiger charge is -2.11. The summed E-state index contributed by atoms with van der Waals surface area (Å²) in [6, 6.07) is 22.4. The molecule has 5 aromatic rings. The Hall–Kier alpha value is -4.79. The van der Waals surface area contributed by atoms with Crippen LogP contribution in [0.1, 0.15) is 19.4 Å². The summed E-state index contributed by atoms with van der Waals surface area (Å²) in [5, 5.41) is 5.22. The molecular formula is C30H31N5O4. The van der Waals surface area contributed by atoms with Gasteiger partial charge in [-0.15, -0.1) is 0 Å². The third-order valence-corrected chi connectivity index (χ3v) is 6.46. The van der Waals surface area contributed by atoms with E-state index in [0.717, 1.165) is 21.4 Å². The van der Waals surface area contributed by atoms with Crippen molar-refractivity contribution in [2.75, 3.05) is 12.8 Å². The maximum atomic E-state index is 13.5. The van der Waals surface area contributed by atoms with Crippen LogP contribution in [0.2, 0.25) is 0 Å². The second kappa shape index (κ2) is 10.5. The van der Waals surface area contributed by atoms with Gasteiger partial charge in [0.05, 0.1) is 19.3 Å². The predicted octanol–water partition coefficient (Wildman–Crippen LogP) is 4.65. The summed E-state index contributed by atoms with van der Waals surface area (Å²) in [6.07, 6.45) is 0. The van der Waals surface area contributed by atoms with Crippen LogP contribution >= 0.6 is 0 Å². The van der Waals surface area contributed by atoms with Crippen LogP contribution in [0.4, 0.5) is 5.69 Å². The van der Waals surface area contributed by atoms with E-state index in [1.807, 2.05) is 80.6 Å². The number of anilines is 1. The zero-order valence-corrected chi connectivity index (χ0v) is 22.4. The molecule has 2 aromatic heterocycles. The summed E-state index contributed by atoms with van der Waals surface area (Å²) in [4.78, 5) is 26.6. The standard InChI is InChI=1S/C30H31N5O4/c1-19(2)17-34-28-26(29(36)33(3)30(34)37)27(21-8-6-9-22(31)16-21)35(32-28)18-20-7-5-10-25(15-20)39-24-13-11-23(38-4)12-14-24/h5-16,19H,17-18,31H2,1-4H3. The molecule has 200 valence electrons. The van der Waals surface area contributed by atoms with Crippen molar-refractivity contribution in [3.05, 3.63) is 99.2 Å². The molecule has 0 unspecified atom stereocenters. The Morgan fingerprint density at radius 2 is 1.64 bits per heavy atom. The molecule has 2 N–H and O–H groups in total. The molecule has 9 nitrogen and oxygen atoms in total. The first-order valence-corrected chi connectivity index (χ1v) is 12.7. The Bertz CT molecular complexity index is 1760. The molecule has 0 saturated heterocycles. The van der Waals surface area contributed by atoms with Gasteiger partial charge in [0, 0.05) is 24.8 Å². The lowest BCUT2D eigenvalue weighted by molar-refractivity contribution is 0.413. The van der Waals surface area contributed by atoms with Crippen molar-refractivity contribution >= 4 is 16.7 Å². The van der Waals surface area contributed by atoms with Gasteiger partial charge in [0.1, 0.15) is 22.6 Å². The van der Waals surface area contributed by atoms with Crippen LogP contribution in [0.25, 0.3) is 22.3 Å². The average Bonchev–Trinajstić information content (AvgIpc) is 3.29. The van der Waals surface area contributed by atoms with E-state index >= 15 is 0 Å². The monoisotopic (exact) mass is 525 g/mol. The van der Waals surface area contributed by atoms with Crippen LogP contribution in [0.3, 0.4) is 0 Å². The molecule has 9 heteroatoms. The van der Waals surface area contributed by atoms with Crippen molar-refractivity contribution in [2.24, 2.45) is 13.0 Å². The highest BCUT2D eigenvalue weighted by Gasteiger charge is 2.23. The SMILES string of the molecule is COc1ccc(Oc2cccc(Cn3nc4c(c3-c3cccc(N)c3)c(=O)n(C)c(=O)n4CC(C)C)c2)cc1. The minimum atomic E-state index is -0.393. The van der Waals surface area contributed by atoms with Crippen LogP contribution < -0.4 is 26.5 Å². The molecule has 0 aliphatic heterocycles. The highest BCUT2D eigenvalue weighted by molar-refractivity contribution is 5.91. The van der Waals surface area contributed by atoms with Gasteiger partial charge in [-0.3, -0.25) is 18.6 Å². The highest BCUT2D eigenvalue weighted by Crippen LogP contribution is 2.30. The first-order chi connectivity index (χ1) is 18.7. The minimum Gasteiger partial charge on any atom is -0.497 e. The summed E-state index contributed by atoms with van der Waals surface area (Å²) in [5.41, 5.74) is 8.53. The van der Waals surface area contributed by atoms with E-state index in [1.165, 1.54) is 7.05 Å². The Morgan fingerprint density at radius 3 is 2.33 bits per heavy atom. The van der Waals surface area contributed by atoms with Gasteiger partial charge >= 0.3 is 5.69 Å². The molecule has 0 atom stereocenters. The van der Waals surface area contributed by atoms with Crippen molar-refractivity contribution < 1.29 is 9.47 Å². The van der Waals surface area contributed by atoms with Crippen molar-refractivity contribution in [1.29, 1.82) is 0 Å². The smallest absolute Gasteiger partial charge is 0.332 e. The minimum absolute atomic E-state index is 0.177. The van der Waals surface area contributed by atoms with Gasteiger partial charge in [-0.25, -0.2) is 4.79 Å². The molecule has 0 saturated carbocycles. The molecule has 0 bridgehead atoms. The fourth-order valence-corrected chi connectivity index (χ4v) is 4.64. The van der Waals surface area contributed by atoms with Crippen LogP contribution in [0.5, 0.6) is 17.2 Å². The second-order valence-electron chi connectivity index (χ2n) is 9.91. The number of hydrogen-bond acceptors (Lipinski definition) is 6. The number of methoxy groups -OCH3 is 1. The molecule has 0 aliphatic rings. The Labute approximate surface area is 225 Å². The van der Waals surface area contributed by atoms with E-state index in [1.54, 1.807) is 22.4 Å². The molecule has 5 rings (SSSR count). The van der Waals surface area contributed by atoms with Crippen LogP contribution in [0, 0.1) is 5.92 Å². The van der Waals surface area contributed by atoms with E-state index in [9.17, 15) is 9.59 Å². The maximum Gasteiger partial charge on any atom is 0.332 e. The molecule has 0 amide bonds. The van der Waals surface area contributed by atoms with E-state index in [2.05, 4.69) is 0 Å². The summed E-state index contributed by atoms with van der Waals surface area (Å²) < 4.78 is 15.8. The number of benzene rings is 3. The van der Waals surface area contributed by atoms with E-state index in [-0.39, 0.29) is 11.6 Å². The summed E-state index contributed by atoms with van der Waals surface area (Å²) >= 11 is 0. The summed E-state index contributed by atoms with van der Waals surface area (Å²) in [6.45, 7) is 4.82. The number of fused-ring (bicyclic) bond motifs is 1. The fraction of sp³-hybridized carbons (Fsp3) is 0.233. The van der Waals surface area contributed by atoms with Crippen molar-refractivity contribution in [1.82, 2.24) is 18.9 Å². The van der Waals surface area contributed by atoms with Gasteiger partial charge in [-0.2, -0.15) is 5.10 Å². The number of nitrogens with zero attached hydrogens (tertiary/aromatic N) is 4. The lowest BCUT2D eigenvalue weighted by Crippen LogP contribution is -2.38. The van der Waals surface area contributed by atoms with Gasteiger partial charge < -0.3 is 15.2 Å². The van der Waals surface area contributed by atoms with E-state index in [4.69, 9.17) is 20.3 Å². The summed E-state index contributed by atoms with van der Waals surface area (Å²) in [7, 11) is 3.12. The van der Waals surface area contributed by atoms with Gasteiger partial charge in [0.25, 0.3) is 5.56 Å². The Morgan fingerprint density at radius 1 is 0.923 bits per heavy atom. The lowest BCUT2D eigenvalue weighted by atomic mass is 10.1. The molecule has 0 fully saturated rings. The van der Waals surface area contributed by atoms with Gasteiger partial charge in [0.15, 0.2) is 5.65 Å². The predicted molar refractivity (Wildman–Crippen MR) is 153 cm³/mol. The zero-order chi connectivity index (χ0) is 27.7. The molecule has 2 heterocycles. The van der Waals surface area contributed by atoms with Crippen LogP contribution in [-0.2, 0) is 20.1 Å². The first kappa shape index (κ1) is 25.8. The molecule has 0 spiro atoms. The molecule has 39 heavy (non-hydrogen) atoms. The van der Waals surface area contributed by atoms with Gasteiger partial charge in [0.2, 0.25) is 0 Å². The fourth-order valence-electron chi connectivity index (χ4n) is 4.64.